The van der Waals surface area contributed by atoms with Crippen molar-refractivity contribution < 1.29 is 89.4 Å². The van der Waals surface area contributed by atoms with Gasteiger partial charge in [-0.25, -0.2) is 0 Å². The summed E-state index contributed by atoms with van der Waals surface area (Å²) in [5, 5.41) is 120. The Kier molecular flexibility index (Phi) is 50.0. The lowest BCUT2D eigenvalue weighted by molar-refractivity contribution is -0.379. The molecule has 19 nitrogen and oxygen atoms in total. The van der Waals surface area contributed by atoms with E-state index in [1.807, 2.05) is 6.08 Å². The van der Waals surface area contributed by atoms with Crippen LogP contribution in [0.2, 0.25) is 0 Å². The maximum atomic E-state index is 13.4. The van der Waals surface area contributed by atoms with Crippen LogP contribution in [0.15, 0.2) is 48.6 Å². The first-order valence-corrected chi connectivity index (χ1v) is 36.9. The van der Waals surface area contributed by atoms with E-state index in [1.165, 1.54) is 193 Å². The second-order valence-corrected chi connectivity index (χ2v) is 26.4. The Morgan fingerprint density at radius 2 is 0.717 bits per heavy atom. The largest absolute Gasteiger partial charge is 0.394 e. The number of unbranched alkanes of at least 4 members (excludes halogenated alkanes) is 35. The Bertz CT molecular complexity index is 1860. The number of carbonyl (C=O) groups is 1. The zero-order valence-corrected chi connectivity index (χ0v) is 57.0. The van der Waals surface area contributed by atoms with Gasteiger partial charge >= 0.3 is 0 Å². The minimum Gasteiger partial charge on any atom is -0.394 e. The number of aliphatic hydroxyl groups is 11. The summed E-state index contributed by atoms with van der Waals surface area (Å²) in [5.74, 6) is -0.274. The number of rotatable bonds is 57. The Labute approximate surface area is 554 Å². The van der Waals surface area contributed by atoms with Gasteiger partial charge in [0.25, 0.3) is 0 Å². The Morgan fingerprint density at radius 3 is 1.12 bits per heavy atom. The molecular weight excluding hydrogens is 1180 g/mol. The summed E-state index contributed by atoms with van der Waals surface area (Å²) < 4.78 is 34.3. The van der Waals surface area contributed by atoms with Gasteiger partial charge in [0.15, 0.2) is 18.9 Å². The van der Waals surface area contributed by atoms with Crippen molar-refractivity contribution in [3.63, 3.8) is 0 Å². The fourth-order valence-corrected chi connectivity index (χ4v) is 12.4. The van der Waals surface area contributed by atoms with Crippen LogP contribution in [-0.4, -0.2) is 193 Å². The van der Waals surface area contributed by atoms with Gasteiger partial charge in [0.05, 0.1) is 38.6 Å². The number of carbonyl (C=O) groups excluding carboxylic acids is 1. The van der Waals surface area contributed by atoms with Gasteiger partial charge in [-0.1, -0.05) is 262 Å². The van der Waals surface area contributed by atoms with E-state index < -0.39 is 124 Å². The molecule has 17 atom stereocenters. The van der Waals surface area contributed by atoms with Crippen LogP contribution in [0.5, 0.6) is 0 Å². The maximum absolute atomic E-state index is 13.4. The lowest BCUT2D eigenvalue weighted by atomic mass is 9.96. The second kappa shape index (κ2) is 54.7. The van der Waals surface area contributed by atoms with Crippen molar-refractivity contribution in [1.29, 1.82) is 0 Å². The molecule has 19 heteroatoms. The highest BCUT2D eigenvalue weighted by atomic mass is 16.8. The van der Waals surface area contributed by atoms with E-state index in [2.05, 4.69) is 55.6 Å². The van der Waals surface area contributed by atoms with E-state index in [0.717, 1.165) is 57.8 Å². The summed E-state index contributed by atoms with van der Waals surface area (Å²) in [7, 11) is 0. The topological polar surface area (TPSA) is 307 Å². The molecule has 3 heterocycles. The lowest BCUT2D eigenvalue weighted by Crippen LogP contribution is -2.66. The molecule has 12 N–H and O–H groups in total. The SMILES string of the molecule is CCCCCCC/C=C\C/C=C\C/C=C\CCCCCCCCCCCCCCCCCCCCCCCCC(=O)NC(COC1OC(CO)C(OC2OC(CO)C(OC3OC(CO)C(O)C(O)C3O)C(O)C2O)C(O)C1O)C(O)/C=C/CCCCCCCCCC. The molecule has 1 amide bonds. The van der Waals surface area contributed by atoms with E-state index >= 15 is 0 Å². The monoisotopic (exact) mass is 1310 g/mol. The molecule has 3 fully saturated rings. The number of amides is 1. The zero-order valence-electron chi connectivity index (χ0n) is 57.0. The van der Waals surface area contributed by atoms with Crippen LogP contribution in [0.3, 0.4) is 0 Å². The molecule has 17 unspecified atom stereocenters. The number of hydrogen-bond acceptors (Lipinski definition) is 18. The van der Waals surface area contributed by atoms with Gasteiger partial charge in [0, 0.05) is 6.42 Å². The smallest absolute Gasteiger partial charge is 0.220 e. The van der Waals surface area contributed by atoms with Gasteiger partial charge < -0.3 is 89.9 Å². The third-order valence-corrected chi connectivity index (χ3v) is 18.4. The average Bonchev–Trinajstić information content (AvgIpc) is 0.799. The van der Waals surface area contributed by atoms with Crippen LogP contribution in [-0.2, 0) is 33.2 Å². The molecule has 0 aromatic heterocycles. The van der Waals surface area contributed by atoms with Crippen LogP contribution >= 0.6 is 0 Å². The van der Waals surface area contributed by atoms with E-state index in [1.54, 1.807) is 6.08 Å². The van der Waals surface area contributed by atoms with E-state index in [4.69, 9.17) is 28.4 Å². The van der Waals surface area contributed by atoms with Crippen molar-refractivity contribution in [1.82, 2.24) is 5.32 Å². The number of hydrogen-bond donors (Lipinski definition) is 12. The number of allylic oxidation sites excluding steroid dienone is 7. The van der Waals surface area contributed by atoms with E-state index in [-0.39, 0.29) is 18.9 Å². The summed E-state index contributed by atoms with van der Waals surface area (Å²) in [4.78, 5) is 13.4. The highest BCUT2D eigenvalue weighted by Gasteiger charge is 2.53. The van der Waals surface area contributed by atoms with Crippen molar-refractivity contribution in [2.45, 2.75) is 381 Å². The number of nitrogens with one attached hydrogen (secondary N) is 1. The zero-order chi connectivity index (χ0) is 66.8. The standard InChI is InChI=1S/C73H133NO18/c1-3-5-7-9-11-13-15-16-17-18-19-20-21-22-23-24-25-26-27-28-29-30-31-32-33-34-35-36-37-38-39-40-41-43-45-47-49-51-61(79)74-56(57(78)50-48-46-44-42-14-12-10-8-6-4-2)55-87-71-67(85)64(82)69(59(53-76)89-71)92-73-68(86)65(83)70(60(54-77)90-73)91-72-66(84)63(81)62(80)58(52-75)88-72/h15-16,18-19,21-22,48,50,56-60,62-73,75-78,80-86H,3-14,17,20,23-47,49,51-55H2,1-2H3,(H,74,79)/b16-15-,19-18-,22-21-,50-48+. The minimum absolute atomic E-state index is 0.246. The van der Waals surface area contributed by atoms with Crippen molar-refractivity contribution >= 4 is 5.91 Å². The van der Waals surface area contributed by atoms with Crippen molar-refractivity contribution in [3.05, 3.63) is 48.6 Å². The highest BCUT2D eigenvalue weighted by Crippen LogP contribution is 2.33. The fourth-order valence-electron chi connectivity index (χ4n) is 12.4. The molecular formula is C73H133NO18. The summed E-state index contributed by atoms with van der Waals surface area (Å²) in [6.07, 6.45) is 40.0. The molecule has 0 aliphatic carbocycles. The highest BCUT2D eigenvalue weighted by molar-refractivity contribution is 5.76. The Balaban J connectivity index is 1.29. The molecule has 0 bridgehead atoms. The lowest BCUT2D eigenvalue weighted by Gasteiger charge is -2.48. The number of aliphatic hydroxyl groups excluding tert-OH is 11. The molecule has 0 spiro atoms. The van der Waals surface area contributed by atoms with Gasteiger partial charge in [-0.3, -0.25) is 4.79 Å². The van der Waals surface area contributed by atoms with Gasteiger partial charge in [-0.05, 0) is 57.8 Å². The van der Waals surface area contributed by atoms with E-state index in [9.17, 15) is 61.0 Å². The number of ether oxygens (including phenoxy) is 6. The average molecular weight is 1310 g/mol. The molecule has 3 aliphatic rings. The van der Waals surface area contributed by atoms with E-state index in [0.29, 0.717) is 6.42 Å². The molecule has 3 aliphatic heterocycles. The van der Waals surface area contributed by atoms with Crippen LogP contribution in [0.1, 0.15) is 277 Å². The Hall–Kier alpha value is -2.25. The van der Waals surface area contributed by atoms with Gasteiger partial charge in [-0.15, -0.1) is 0 Å². The van der Waals surface area contributed by atoms with Gasteiger partial charge in [-0.2, -0.15) is 0 Å². The predicted molar refractivity (Wildman–Crippen MR) is 360 cm³/mol. The van der Waals surface area contributed by atoms with Crippen LogP contribution in [0, 0.1) is 0 Å². The van der Waals surface area contributed by atoms with Crippen molar-refractivity contribution in [2.24, 2.45) is 0 Å². The fraction of sp³-hybridized carbons (Fsp3) is 0.877. The van der Waals surface area contributed by atoms with Crippen molar-refractivity contribution in [3.8, 4) is 0 Å². The first-order valence-electron chi connectivity index (χ1n) is 36.9. The van der Waals surface area contributed by atoms with Gasteiger partial charge in [0.1, 0.15) is 73.2 Å². The summed E-state index contributed by atoms with van der Waals surface area (Å²) >= 11 is 0. The first-order chi connectivity index (χ1) is 44.8. The molecule has 0 aromatic carbocycles. The molecule has 0 aromatic rings. The van der Waals surface area contributed by atoms with Crippen LogP contribution in [0.25, 0.3) is 0 Å². The Morgan fingerprint density at radius 1 is 0.391 bits per heavy atom. The molecule has 538 valence electrons. The quantitative estimate of drug-likeness (QED) is 0.0199. The van der Waals surface area contributed by atoms with Crippen LogP contribution in [0.4, 0.5) is 0 Å². The molecule has 0 radical (unpaired) electrons. The molecule has 0 saturated carbocycles. The normalized spacial score (nSPS) is 27.9. The third kappa shape index (κ3) is 35.8. The molecule has 92 heavy (non-hydrogen) atoms. The third-order valence-electron chi connectivity index (χ3n) is 18.4. The first kappa shape index (κ1) is 84.0. The second-order valence-electron chi connectivity index (χ2n) is 26.4. The molecule has 3 saturated heterocycles. The summed E-state index contributed by atoms with van der Waals surface area (Å²) in [5.41, 5.74) is 0. The minimum atomic E-state index is -1.98. The summed E-state index contributed by atoms with van der Waals surface area (Å²) in [6.45, 7) is 1.70. The molecule has 3 rings (SSSR count). The van der Waals surface area contributed by atoms with Crippen LogP contribution < -0.4 is 5.32 Å². The summed E-state index contributed by atoms with van der Waals surface area (Å²) in [6, 6.07) is -0.970. The van der Waals surface area contributed by atoms with Crippen molar-refractivity contribution in [2.75, 3.05) is 26.4 Å². The van der Waals surface area contributed by atoms with Gasteiger partial charge in [0.2, 0.25) is 5.91 Å². The predicted octanol–water partition coefficient (Wildman–Crippen LogP) is 10.6. The maximum Gasteiger partial charge on any atom is 0.220 e.